The van der Waals surface area contributed by atoms with Crippen LogP contribution in [-0.2, 0) is 0 Å². The second-order valence-corrected chi connectivity index (χ2v) is 9.64. The Morgan fingerprint density at radius 3 is 2.82 bits per heavy atom. The molecule has 2 aromatic carbocycles. The van der Waals surface area contributed by atoms with Crippen LogP contribution in [0.2, 0.25) is 5.02 Å². The van der Waals surface area contributed by atoms with E-state index in [0.29, 0.717) is 26.8 Å². The van der Waals surface area contributed by atoms with Gasteiger partial charge in [0.15, 0.2) is 5.13 Å². The Morgan fingerprint density at radius 2 is 2.06 bits per heavy atom. The van der Waals surface area contributed by atoms with Crippen molar-refractivity contribution in [3.63, 3.8) is 0 Å². The molecule has 1 aliphatic rings. The molecule has 2 N–H and O–H groups in total. The van der Waals surface area contributed by atoms with Crippen molar-refractivity contribution in [3.8, 4) is 16.4 Å². The van der Waals surface area contributed by atoms with Crippen molar-refractivity contribution < 1.29 is 4.79 Å². The third-order valence-electron chi connectivity index (χ3n) is 5.84. The third kappa shape index (κ3) is 4.55. The van der Waals surface area contributed by atoms with Gasteiger partial charge in [0, 0.05) is 16.8 Å². The number of amides is 1. The maximum Gasteiger partial charge on any atom is 0.261 e. The molecule has 168 valence electrons. The van der Waals surface area contributed by atoms with Gasteiger partial charge in [-0.1, -0.05) is 41.1 Å². The molecular weight excluding hydrogens is 456 g/mol. The lowest BCUT2D eigenvalue weighted by Gasteiger charge is -2.26. The molecule has 1 fully saturated rings. The van der Waals surface area contributed by atoms with Crippen molar-refractivity contribution in [1.82, 2.24) is 19.4 Å². The molecule has 0 unspecified atom stereocenters. The first kappa shape index (κ1) is 21.8. The summed E-state index contributed by atoms with van der Waals surface area (Å²) in [5.41, 5.74) is 9.67. The summed E-state index contributed by atoms with van der Waals surface area (Å²) in [6, 6.07) is 13.6. The molecular formula is C24H23ClN6OS. The van der Waals surface area contributed by atoms with Crippen LogP contribution >= 0.6 is 22.9 Å². The fourth-order valence-electron chi connectivity index (χ4n) is 4.00. The molecule has 2 aromatic heterocycles. The average molecular weight is 479 g/mol. The minimum atomic E-state index is -0.524. The van der Waals surface area contributed by atoms with E-state index in [1.54, 1.807) is 18.5 Å². The predicted octanol–water partition coefficient (Wildman–Crippen LogP) is 4.41. The zero-order valence-corrected chi connectivity index (χ0v) is 19.7. The summed E-state index contributed by atoms with van der Waals surface area (Å²) in [6.45, 7) is 2.16. The molecule has 3 heterocycles. The lowest BCUT2D eigenvalue weighted by atomic mass is 10.1. The van der Waals surface area contributed by atoms with Crippen LogP contribution in [0.25, 0.3) is 27.4 Å². The molecule has 0 aliphatic carbocycles. The maximum absolute atomic E-state index is 12.2. The highest BCUT2D eigenvalue weighted by Gasteiger charge is 2.20. The molecule has 0 saturated carbocycles. The van der Waals surface area contributed by atoms with E-state index in [0.717, 1.165) is 48.1 Å². The van der Waals surface area contributed by atoms with Crippen LogP contribution in [0.4, 0.5) is 0 Å². The highest BCUT2D eigenvalue weighted by Crippen LogP contribution is 2.32. The Kier molecular flexibility index (Phi) is 5.97. The summed E-state index contributed by atoms with van der Waals surface area (Å²) < 4.78 is 1.88. The van der Waals surface area contributed by atoms with Gasteiger partial charge in [-0.05, 0) is 62.8 Å². The number of imidazole rings is 1. The number of hydrogen-bond acceptors (Lipinski definition) is 6. The SMILES string of the molecule is CN1CCC(N=Cc2ccc3ncn(-c4nc(-c5cccc(Cl)c5)c(C(N)=O)s4)c3c2)CC1. The van der Waals surface area contributed by atoms with E-state index in [-0.39, 0.29) is 0 Å². The Labute approximate surface area is 200 Å². The highest BCUT2D eigenvalue weighted by atomic mass is 35.5. The first-order valence-electron chi connectivity index (χ1n) is 10.7. The fourth-order valence-corrected chi connectivity index (χ4v) is 5.12. The number of nitrogens with two attached hydrogens (primary N) is 1. The number of primary amides is 1. The zero-order chi connectivity index (χ0) is 22.9. The van der Waals surface area contributed by atoms with E-state index in [1.807, 2.05) is 41.1 Å². The topological polar surface area (TPSA) is 89.4 Å². The highest BCUT2D eigenvalue weighted by molar-refractivity contribution is 7.16. The second kappa shape index (κ2) is 9.05. The van der Waals surface area contributed by atoms with Gasteiger partial charge in [0.05, 0.1) is 22.8 Å². The number of fused-ring (bicyclic) bond motifs is 1. The Hall–Kier alpha value is -3.07. The number of carbonyl (C=O) groups excluding carboxylic acids is 1. The van der Waals surface area contributed by atoms with Crippen LogP contribution in [-0.4, -0.2) is 57.7 Å². The number of aliphatic imine (C=N–C) groups is 1. The van der Waals surface area contributed by atoms with Gasteiger partial charge in [0.1, 0.15) is 11.2 Å². The van der Waals surface area contributed by atoms with Gasteiger partial charge < -0.3 is 10.6 Å². The molecule has 0 radical (unpaired) electrons. The predicted molar refractivity (Wildman–Crippen MR) is 134 cm³/mol. The molecule has 7 nitrogen and oxygen atoms in total. The van der Waals surface area contributed by atoms with Gasteiger partial charge in [-0.3, -0.25) is 14.4 Å². The minimum absolute atomic E-state index is 0.360. The molecule has 9 heteroatoms. The van der Waals surface area contributed by atoms with Crippen LogP contribution in [0.15, 0.2) is 53.8 Å². The van der Waals surface area contributed by atoms with E-state index in [9.17, 15) is 4.79 Å². The van der Waals surface area contributed by atoms with Gasteiger partial charge in [-0.2, -0.15) is 0 Å². The molecule has 1 aliphatic heterocycles. The summed E-state index contributed by atoms with van der Waals surface area (Å²) >= 11 is 7.39. The summed E-state index contributed by atoms with van der Waals surface area (Å²) in [6.07, 6.45) is 5.82. The lowest BCUT2D eigenvalue weighted by Crippen LogP contribution is -2.32. The molecule has 1 saturated heterocycles. The Morgan fingerprint density at radius 1 is 1.24 bits per heavy atom. The molecule has 0 atom stereocenters. The largest absolute Gasteiger partial charge is 0.365 e. The van der Waals surface area contributed by atoms with Gasteiger partial charge in [-0.15, -0.1) is 0 Å². The van der Waals surface area contributed by atoms with Crippen molar-refractivity contribution in [2.75, 3.05) is 20.1 Å². The van der Waals surface area contributed by atoms with E-state index in [4.69, 9.17) is 27.3 Å². The Balaban J connectivity index is 1.50. The van der Waals surface area contributed by atoms with Crippen molar-refractivity contribution in [2.45, 2.75) is 18.9 Å². The van der Waals surface area contributed by atoms with Crippen molar-refractivity contribution in [1.29, 1.82) is 0 Å². The number of rotatable bonds is 5. The van der Waals surface area contributed by atoms with Crippen LogP contribution in [0.3, 0.4) is 0 Å². The van der Waals surface area contributed by atoms with Crippen LogP contribution in [0.1, 0.15) is 28.1 Å². The molecule has 0 bridgehead atoms. The average Bonchev–Trinajstić information content (AvgIpc) is 3.43. The minimum Gasteiger partial charge on any atom is -0.365 e. The summed E-state index contributed by atoms with van der Waals surface area (Å²) in [7, 11) is 2.15. The molecule has 4 aromatic rings. The van der Waals surface area contributed by atoms with Gasteiger partial charge in [0.2, 0.25) is 0 Å². The number of hydrogen-bond donors (Lipinski definition) is 1. The normalized spacial score (nSPS) is 15.6. The van der Waals surface area contributed by atoms with Gasteiger partial charge in [-0.25, -0.2) is 9.97 Å². The van der Waals surface area contributed by atoms with Gasteiger partial charge in [0.25, 0.3) is 5.91 Å². The number of halogens is 1. The number of thiazole rings is 1. The van der Waals surface area contributed by atoms with Crippen molar-refractivity contribution in [3.05, 3.63) is 64.3 Å². The molecule has 5 rings (SSSR count). The van der Waals surface area contributed by atoms with E-state index in [2.05, 4.69) is 16.9 Å². The summed E-state index contributed by atoms with van der Waals surface area (Å²) in [5, 5.41) is 1.18. The monoisotopic (exact) mass is 478 g/mol. The fraction of sp³-hybridized carbons (Fsp3) is 0.250. The second-order valence-electron chi connectivity index (χ2n) is 8.22. The molecule has 1 amide bonds. The van der Waals surface area contributed by atoms with Crippen molar-refractivity contribution >= 4 is 46.1 Å². The Bertz CT molecular complexity index is 1350. The van der Waals surface area contributed by atoms with Crippen LogP contribution in [0.5, 0.6) is 0 Å². The number of piperidine rings is 1. The maximum atomic E-state index is 12.2. The smallest absolute Gasteiger partial charge is 0.261 e. The van der Waals surface area contributed by atoms with Gasteiger partial charge >= 0.3 is 0 Å². The third-order valence-corrected chi connectivity index (χ3v) is 7.14. The van der Waals surface area contributed by atoms with Crippen LogP contribution in [0, 0.1) is 0 Å². The van der Waals surface area contributed by atoms with Crippen molar-refractivity contribution in [2.24, 2.45) is 10.7 Å². The lowest BCUT2D eigenvalue weighted by molar-refractivity contribution is 0.100. The number of likely N-dealkylation sites (tertiary alicyclic amines) is 1. The summed E-state index contributed by atoms with van der Waals surface area (Å²) in [5.74, 6) is -0.524. The first-order valence-corrected chi connectivity index (χ1v) is 11.9. The molecule has 33 heavy (non-hydrogen) atoms. The quantitative estimate of drug-likeness (QED) is 0.430. The standard InChI is InChI=1S/C24H23ClN6OS/c1-30-9-7-18(8-10-30)27-13-15-5-6-19-20(11-15)31(14-28-19)24-29-21(22(33-24)23(26)32)16-3-2-4-17(25)12-16/h2-6,11-14,18H,7-10H2,1H3,(H2,26,32). The number of aromatic nitrogens is 3. The van der Waals surface area contributed by atoms with E-state index in [1.165, 1.54) is 11.3 Å². The number of nitrogens with zero attached hydrogens (tertiary/aromatic N) is 5. The van der Waals surface area contributed by atoms with Crippen LogP contribution < -0.4 is 5.73 Å². The van der Waals surface area contributed by atoms with E-state index < -0.39 is 5.91 Å². The summed E-state index contributed by atoms with van der Waals surface area (Å²) in [4.78, 5) is 28.9. The number of carbonyl (C=O) groups is 1. The number of benzene rings is 2. The zero-order valence-electron chi connectivity index (χ0n) is 18.1. The van der Waals surface area contributed by atoms with E-state index >= 15 is 0 Å². The first-order chi connectivity index (χ1) is 16.0. The molecule has 0 spiro atoms.